The smallest absolute Gasteiger partial charge is 0.407 e. The van der Waals surface area contributed by atoms with Crippen molar-refractivity contribution in [2.75, 3.05) is 13.1 Å². The second kappa shape index (κ2) is 3.93. The molecule has 76 valence electrons. The molecule has 5 nitrogen and oxygen atoms in total. The van der Waals surface area contributed by atoms with Gasteiger partial charge in [0, 0.05) is 13.1 Å². The highest BCUT2D eigenvalue weighted by molar-refractivity contribution is 5.65. The molecule has 1 saturated heterocycles. The maximum atomic E-state index is 10.7. The van der Waals surface area contributed by atoms with E-state index in [9.17, 15) is 9.90 Å². The molecular formula is C8H16N2O3. The quantitative estimate of drug-likeness (QED) is 0.528. The minimum absolute atomic E-state index is 0.162. The third-order valence-electron chi connectivity index (χ3n) is 2.51. The lowest BCUT2D eigenvalue weighted by atomic mass is 10.0. The van der Waals surface area contributed by atoms with Gasteiger partial charge in [0.1, 0.15) is 0 Å². The number of nitrogens with one attached hydrogen (secondary N) is 1. The first-order valence-electron chi connectivity index (χ1n) is 4.45. The summed E-state index contributed by atoms with van der Waals surface area (Å²) >= 11 is 0. The van der Waals surface area contributed by atoms with Gasteiger partial charge in [-0.05, 0) is 13.8 Å². The summed E-state index contributed by atoms with van der Waals surface area (Å²) in [6.45, 7) is 4.56. The Morgan fingerprint density at radius 1 is 1.69 bits per heavy atom. The predicted octanol–water partition coefficient (Wildman–Crippen LogP) is -0.292. The third-order valence-corrected chi connectivity index (χ3v) is 2.51. The summed E-state index contributed by atoms with van der Waals surface area (Å²) in [5, 5.41) is 21.3. The molecule has 5 heteroatoms. The average molecular weight is 188 g/mol. The molecule has 0 aromatic rings. The second-order valence-corrected chi connectivity index (χ2v) is 3.44. The van der Waals surface area contributed by atoms with E-state index in [4.69, 9.17) is 5.11 Å². The fourth-order valence-corrected chi connectivity index (χ4v) is 1.76. The van der Waals surface area contributed by atoms with Crippen LogP contribution in [0.4, 0.5) is 4.79 Å². The van der Waals surface area contributed by atoms with Gasteiger partial charge < -0.3 is 20.4 Å². The zero-order valence-corrected chi connectivity index (χ0v) is 7.90. The van der Waals surface area contributed by atoms with Crippen LogP contribution in [-0.4, -0.2) is 52.5 Å². The molecule has 0 spiro atoms. The molecule has 0 bridgehead atoms. The van der Waals surface area contributed by atoms with Crippen LogP contribution in [0, 0.1) is 0 Å². The predicted molar refractivity (Wildman–Crippen MR) is 47.7 cm³/mol. The SMILES string of the molecule is CC(O)C1NCCN(C(=O)O)C1C. The maximum Gasteiger partial charge on any atom is 0.407 e. The number of hydrogen-bond donors (Lipinski definition) is 3. The minimum atomic E-state index is -0.917. The van der Waals surface area contributed by atoms with Gasteiger partial charge in [0.05, 0.1) is 18.2 Å². The molecule has 0 aromatic carbocycles. The molecule has 1 amide bonds. The fourth-order valence-electron chi connectivity index (χ4n) is 1.76. The number of aliphatic hydroxyl groups is 1. The first-order valence-corrected chi connectivity index (χ1v) is 4.45. The summed E-state index contributed by atoms with van der Waals surface area (Å²) in [5.74, 6) is 0. The van der Waals surface area contributed by atoms with Gasteiger partial charge >= 0.3 is 6.09 Å². The number of amides is 1. The van der Waals surface area contributed by atoms with E-state index >= 15 is 0 Å². The second-order valence-electron chi connectivity index (χ2n) is 3.44. The van der Waals surface area contributed by atoms with E-state index in [-0.39, 0.29) is 12.1 Å². The summed E-state index contributed by atoms with van der Waals surface area (Å²) in [6, 6.07) is -0.337. The number of carboxylic acid groups (broad SMARTS) is 1. The molecule has 3 unspecified atom stereocenters. The highest BCUT2D eigenvalue weighted by atomic mass is 16.4. The Balaban J connectivity index is 2.65. The summed E-state index contributed by atoms with van der Waals surface area (Å²) in [7, 11) is 0. The Morgan fingerprint density at radius 2 is 2.31 bits per heavy atom. The van der Waals surface area contributed by atoms with Crippen LogP contribution < -0.4 is 5.32 Å². The van der Waals surface area contributed by atoms with Crippen molar-refractivity contribution in [2.24, 2.45) is 0 Å². The van der Waals surface area contributed by atoms with E-state index in [2.05, 4.69) is 5.32 Å². The Bertz CT molecular complexity index is 196. The zero-order chi connectivity index (χ0) is 10.0. The van der Waals surface area contributed by atoms with Gasteiger partial charge in [-0.1, -0.05) is 0 Å². The number of aliphatic hydroxyl groups excluding tert-OH is 1. The van der Waals surface area contributed by atoms with Crippen molar-refractivity contribution in [1.29, 1.82) is 0 Å². The Kier molecular flexibility index (Phi) is 3.11. The van der Waals surface area contributed by atoms with Crippen LogP contribution in [0.15, 0.2) is 0 Å². The first kappa shape index (κ1) is 10.3. The van der Waals surface area contributed by atoms with Crippen LogP contribution in [0.25, 0.3) is 0 Å². The van der Waals surface area contributed by atoms with Crippen LogP contribution in [0.5, 0.6) is 0 Å². The molecule has 0 saturated carbocycles. The molecule has 3 N–H and O–H groups in total. The molecular weight excluding hydrogens is 172 g/mol. The van der Waals surface area contributed by atoms with E-state index in [0.29, 0.717) is 13.1 Å². The summed E-state index contributed by atoms with van der Waals surface area (Å²) in [5.41, 5.74) is 0. The van der Waals surface area contributed by atoms with Crippen LogP contribution in [0.1, 0.15) is 13.8 Å². The molecule has 1 fully saturated rings. The molecule has 1 aliphatic rings. The summed E-state index contributed by atoms with van der Waals surface area (Å²) in [4.78, 5) is 12.1. The minimum Gasteiger partial charge on any atom is -0.465 e. The molecule has 1 rings (SSSR count). The van der Waals surface area contributed by atoms with Gasteiger partial charge in [-0.25, -0.2) is 4.79 Å². The van der Waals surface area contributed by atoms with Gasteiger partial charge in [0.25, 0.3) is 0 Å². The molecule has 0 aromatic heterocycles. The van der Waals surface area contributed by atoms with Crippen molar-refractivity contribution < 1.29 is 15.0 Å². The average Bonchev–Trinajstić information content (AvgIpc) is 2.03. The van der Waals surface area contributed by atoms with Crippen molar-refractivity contribution >= 4 is 6.09 Å². The van der Waals surface area contributed by atoms with Crippen molar-refractivity contribution in [3.05, 3.63) is 0 Å². The maximum absolute atomic E-state index is 10.7. The topological polar surface area (TPSA) is 72.8 Å². The van der Waals surface area contributed by atoms with Crippen molar-refractivity contribution in [3.8, 4) is 0 Å². The van der Waals surface area contributed by atoms with Crippen LogP contribution in [-0.2, 0) is 0 Å². The third kappa shape index (κ3) is 2.10. The van der Waals surface area contributed by atoms with Crippen LogP contribution in [0.3, 0.4) is 0 Å². The van der Waals surface area contributed by atoms with Crippen LogP contribution in [0.2, 0.25) is 0 Å². The lowest BCUT2D eigenvalue weighted by Crippen LogP contribution is -2.61. The van der Waals surface area contributed by atoms with Crippen molar-refractivity contribution in [2.45, 2.75) is 32.0 Å². The first-order chi connectivity index (χ1) is 6.04. The largest absolute Gasteiger partial charge is 0.465 e. The molecule has 3 atom stereocenters. The number of carbonyl (C=O) groups is 1. The van der Waals surface area contributed by atoms with Crippen molar-refractivity contribution in [3.63, 3.8) is 0 Å². The Morgan fingerprint density at radius 3 is 2.77 bits per heavy atom. The van der Waals surface area contributed by atoms with E-state index in [1.165, 1.54) is 4.90 Å². The lowest BCUT2D eigenvalue weighted by molar-refractivity contribution is 0.0514. The number of rotatable bonds is 1. The number of nitrogens with zero attached hydrogens (tertiary/aromatic N) is 1. The van der Waals surface area contributed by atoms with E-state index < -0.39 is 12.2 Å². The standard InChI is InChI=1S/C8H16N2O3/c1-5-7(6(2)11)9-3-4-10(5)8(12)13/h5-7,9,11H,3-4H2,1-2H3,(H,12,13). The highest BCUT2D eigenvalue weighted by Crippen LogP contribution is 2.12. The van der Waals surface area contributed by atoms with Gasteiger partial charge in [-0.15, -0.1) is 0 Å². The normalized spacial score (nSPS) is 31.5. The number of hydrogen-bond acceptors (Lipinski definition) is 3. The van der Waals surface area contributed by atoms with Gasteiger partial charge in [0.2, 0.25) is 0 Å². The van der Waals surface area contributed by atoms with E-state index in [1.807, 2.05) is 0 Å². The van der Waals surface area contributed by atoms with E-state index in [1.54, 1.807) is 13.8 Å². The van der Waals surface area contributed by atoms with Crippen LogP contribution >= 0.6 is 0 Å². The van der Waals surface area contributed by atoms with Gasteiger partial charge in [-0.3, -0.25) is 0 Å². The molecule has 1 heterocycles. The molecule has 13 heavy (non-hydrogen) atoms. The van der Waals surface area contributed by atoms with Gasteiger partial charge in [-0.2, -0.15) is 0 Å². The highest BCUT2D eigenvalue weighted by Gasteiger charge is 2.32. The Hall–Kier alpha value is -0.810. The Labute approximate surface area is 77.3 Å². The summed E-state index contributed by atoms with van der Waals surface area (Å²) in [6.07, 6.45) is -1.45. The monoisotopic (exact) mass is 188 g/mol. The fraction of sp³-hybridized carbons (Fsp3) is 0.875. The summed E-state index contributed by atoms with van der Waals surface area (Å²) < 4.78 is 0. The molecule has 0 radical (unpaired) electrons. The van der Waals surface area contributed by atoms with Crippen molar-refractivity contribution in [1.82, 2.24) is 10.2 Å². The number of piperazine rings is 1. The molecule has 1 aliphatic heterocycles. The zero-order valence-electron chi connectivity index (χ0n) is 7.90. The lowest BCUT2D eigenvalue weighted by Gasteiger charge is -2.39. The molecule has 0 aliphatic carbocycles. The van der Waals surface area contributed by atoms with E-state index in [0.717, 1.165) is 0 Å². The van der Waals surface area contributed by atoms with Gasteiger partial charge in [0.15, 0.2) is 0 Å².